The van der Waals surface area contributed by atoms with Crippen molar-refractivity contribution in [3.63, 3.8) is 0 Å². The van der Waals surface area contributed by atoms with Gasteiger partial charge in [-0.1, -0.05) is 6.08 Å². The van der Waals surface area contributed by atoms with Gasteiger partial charge in [0, 0.05) is 18.2 Å². The van der Waals surface area contributed by atoms with Crippen LogP contribution < -0.4 is 5.32 Å². The first-order valence-electron chi connectivity index (χ1n) is 5.85. The summed E-state index contributed by atoms with van der Waals surface area (Å²) in [5.74, 6) is 0.0259. The maximum atomic E-state index is 12.6. The van der Waals surface area contributed by atoms with Gasteiger partial charge in [-0.05, 0) is 18.9 Å². The Morgan fingerprint density at radius 2 is 2.39 bits per heavy atom. The second-order valence-corrected chi connectivity index (χ2v) is 4.32. The van der Waals surface area contributed by atoms with E-state index in [4.69, 9.17) is 0 Å². The van der Waals surface area contributed by atoms with E-state index in [9.17, 15) is 13.6 Å². The van der Waals surface area contributed by atoms with Crippen molar-refractivity contribution in [3.05, 3.63) is 30.1 Å². The molecule has 6 heteroatoms. The van der Waals surface area contributed by atoms with E-state index < -0.39 is 6.43 Å². The van der Waals surface area contributed by atoms with Gasteiger partial charge in [-0.2, -0.15) is 5.10 Å². The van der Waals surface area contributed by atoms with Crippen LogP contribution in [0.15, 0.2) is 18.7 Å². The number of nitrogens with zero attached hydrogens (tertiary/aromatic N) is 2. The van der Waals surface area contributed by atoms with Gasteiger partial charge in [0.15, 0.2) is 0 Å². The Labute approximate surface area is 104 Å². The zero-order chi connectivity index (χ0) is 13.1. The molecule has 1 aliphatic carbocycles. The van der Waals surface area contributed by atoms with E-state index in [0.29, 0.717) is 6.54 Å². The Morgan fingerprint density at radius 3 is 2.94 bits per heavy atom. The third kappa shape index (κ3) is 2.94. The zero-order valence-corrected chi connectivity index (χ0v) is 9.90. The van der Waals surface area contributed by atoms with Crippen LogP contribution in [0.5, 0.6) is 0 Å². The lowest BCUT2D eigenvalue weighted by molar-refractivity contribution is -0.121. The molecule has 0 aromatic carbocycles. The summed E-state index contributed by atoms with van der Waals surface area (Å²) >= 11 is 0. The number of hydrogen-bond acceptors (Lipinski definition) is 2. The number of nitrogens with one attached hydrogen (secondary N) is 1. The molecule has 1 N–H and O–H groups in total. The molecule has 4 nitrogen and oxygen atoms in total. The summed E-state index contributed by atoms with van der Waals surface area (Å²) in [6.45, 7) is 3.83. The summed E-state index contributed by atoms with van der Waals surface area (Å²) in [6, 6.07) is 1.41. The summed E-state index contributed by atoms with van der Waals surface area (Å²) in [5, 5.41) is 6.40. The molecular formula is C12H15F2N3O. The van der Waals surface area contributed by atoms with E-state index in [0.717, 1.165) is 18.5 Å². The minimum absolute atomic E-state index is 0.0214. The van der Waals surface area contributed by atoms with Crippen molar-refractivity contribution < 1.29 is 13.6 Å². The molecule has 0 atom stereocenters. The van der Waals surface area contributed by atoms with Crippen LogP contribution in [-0.4, -0.2) is 22.2 Å². The van der Waals surface area contributed by atoms with Crippen LogP contribution in [0.2, 0.25) is 0 Å². The van der Waals surface area contributed by atoms with Gasteiger partial charge in [0.05, 0.1) is 0 Å². The highest BCUT2D eigenvalue weighted by Crippen LogP contribution is 2.41. The molecule has 0 radical (unpaired) electrons. The quantitative estimate of drug-likeness (QED) is 0.790. The fourth-order valence-electron chi connectivity index (χ4n) is 1.77. The Bertz CT molecular complexity index is 452. The van der Waals surface area contributed by atoms with Crippen molar-refractivity contribution in [2.75, 3.05) is 6.54 Å². The van der Waals surface area contributed by atoms with Crippen LogP contribution in [0.25, 0.3) is 0 Å². The van der Waals surface area contributed by atoms with Crippen molar-refractivity contribution in [2.45, 2.75) is 31.7 Å². The van der Waals surface area contributed by atoms with Gasteiger partial charge >= 0.3 is 0 Å². The number of halogens is 2. The highest BCUT2D eigenvalue weighted by atomic mass is 19.3. The van der Waals surface area contributed by atoms with Gasteiger partial charge in [0.2, 0.25) is 5.91 Å². The standard InChI is InChI=1S/C12H15F2N3O/c1-2-5-15-11(18)7-17-10(8-3-4-8)6-9(16-17)12(13)14/h2,6,8,12H,1,3-5,7H2,(H,15,18). The van der Waals surface area contributed by atoms with E-state index in [-0.39, 0.29) is 24.1 Å². The molecule has 0 unspecified atom stereocenters. The smallest absolute Gasteiger partial charge is 0.282 e. The molecule has 0 saturated heterocycles. The first-order chi connectivity index (χ1) is 8.61. The van der Waals surface area contributed by atoms with E-state index >= 15 is 0 Å². The fourth-order valence-corrected chi connectivity index (χ4v) is 1.77. The molecule has 1 aliphatic rings. The molecule has 1 saturated carbocycles. The predicted molar refractivity (Wildman–Crippen MR) is 62.4 cm³/mol. The minimum Gasteiger partial charge on any atom is -0.351 e. The van der Waals surface area contributed by atoms with Gasteiger partial charge in [0.25, 0.3) is 6.43 Å². The number of carbonyl (C=O) groups excluding carboxylic acids is 1. The Kier molecular flexibility index (Phi) is 3.74. The van der Waals surface area contributed by atoms with Gasteiger partial charge in [-0.25, -0.2) is 8.78 Å². The number of hydrogen-bond donors (Lipinski definition) is 1. The lowest BCUT2D eigenvalue weighted by Gasteiger charge is -2.06. The molecule has 0 aliphatic heterocycles. The fraction of sp³-hybridized carbons (Fsp3) is 0.500. The average Bonchev–Trinajstić information content (AvgIpc) is 3.08. The van der Waals surface area contributed by atoms with Gasteiger partial charge < -0.3 is 5.32 Å². The molecule has 1 fully saturated rings. The van der Waals surface area contributed by atoms with Crippen LogP contribution in [-0.2, 0) is 11.3 Å². The van der Waals surface area contributed by atoms with E-state index in [1.807, 2.05) is 0 Å². The molecule has 1 heterocycles. The van der Waals surface area contributed by atoms with Gasteiger partial charge in [-0.3, -0.25) is 9.48 Å². The number of amides is 1. The minimum atomic E-state index is -2.60. The topological polar surface area (TPSA) is 46.9 Å². The van der Waals surface area contributed by atoms with E-state index in [2.05, 4.69) is 17.0 Å². The lowest BCUT2D eigenvalue weighted by atomic mass is 10.2. The molecule has 18 heavy (non-hydrogen) atoms. The average molecular weight is 255 g/mol. The predicted octanol–water partition coefficient (Wildman–Crippen LogP) is 2.00. The normalized spacial score (nSPS) is 14.8. The molecule has 0 bridgehead atoms. The third-order valence-corrected chi connectivity index (χ3v) is 2.79. The molecule has 1 aromatic heterocycles. The van der Waals surface area contributed by atoms with Gasteiger partial charge in [-0.15, -0.1) is 6.58 Å². The Hall–Kier alpha value is -1.72. The highest BCUT2D eigenvalue weighted by Gasteiger charge is 2.30. The Morgan fingerprint density at radius 1 is 1.67 bits per heavy atom. The monoisotopic (exact) mass is 255 g/mol. The van der Waals surface area contributed by atoms with Gasteiger partial charge in [0.1, 0.15) is 12.2 Å². The second-order valence-electron chi connectivity index (χ2n) is 4.32. The van der Waals surface area contributed by atoms with Crippen molar-refractivity contribution in [1.82, 2.24) is 15.1 Å². The number of aromatic nitrogens is 2. The maximum absolute atomic E-state index is 12.6. The van der Waals surface area contributed by atoms with Crippen LogP contribution >= 0.6 is 0 Å². The van der Waals surface area contributed by atoms with Crippen molar-refractivity contribution in [2.24, 2.45) is 0 Å². The second kappa shape index (κ2) is 5.29. The summed E-state index contributed by atoms with van der Waals surface area (Å²) < 4.78 is 26.6. The molecule has 1 amide bonds. The molecular weight excluding hydrogens is 240 g/mol. The first kappa shape index (κ1) is 12.7. The molecule has 1 aromatic rings. The highest BCUT2D eigenvalue weighted by molar-refractivity contribution is 5.75. The van der Waals surface area contributed by atoms with Crippen LogP contribution in [0.4, 0.5) is 8.78 Å². The van der Waals surface area contributed by atoms with E-state index in [1.165, 1.54) is 10.7 Å². The van der Waals surface area contributed by atoms with Crippen molar-refractivity contribution in [1.29, 1.82) is 0 Å². The largest absolute Gasteiger partial charge is 0.351 e. The number of alkyl halides is 2. The lowest BCUT2D eigenvalue weighted by Crippen LogP contribution is -2.28. The SMILES string of the molecule is C=CCNC(=O)Cn1nc(C(F)F)cc1C1CC1. The Balaban J connectivity index is 2.10. The molecule has 98 valence electrons. The maximum Gasteiger partial charge on any atom is 0.282 e. The molecule has 2 rings (SSSR count). The van der Waals surface area contributed by atoms with Crippen LogP contribution in [0.1, 0.15) is 36.6 Å². The summed E-state index contributed by atoms with van der Waals surface area (Å²) in [6.07, 6.45) is 0.915. The van der Waals surface area contributed by atoms with Crippen molar-refractivity contribution in [3.8, 4) is 0 Å². The first-order valence-corrected chi connectivity index (χ1v) is 5.85. The van der Waals surface area contributed by atoms with E-state index in [1.54, 1.807) is 6.08 Å². The van der Waals surface area contributed by atoms with Crippen molar-refractivity contribution >= 4 is 5.91 Å². The number of rotatable bonds is 6. The summed E-state index contributed by atoms with van der Waals surface area (Å²) in [4.78, 5) is 11.5. The number of carbonyl (C=O) groups is 1. The van der Waals surface area contributed by atoms with Crippen LogP contribution in [0, 0.1) is 0 Å². The summed E-state index contributed by atoms with van der Waals surface area (Å²) in [7, 11) is 0. The molecule has 0 spiro atoms. The zero-order valence-electron chi connectivity index (χ0n) is 9.90. The summed E-state index contributed by atoms with van der Waals surface area (Å²) in [5.41, 5.74) is 0.479. The third-order valence-electron chi connectivity index (χ3n) is 2.79. The van der Waals surface area contributed by atoms with Crippen LogP contribution in [0.3, 0.4) is 0 Å².